The van der Waals surface area contributed by atoms with Gasteiger partial charge in [-0.05, 0) is 37.8 Å². The first-order valence-corrected chi connectivity index (χ1v) is 11.0. The van der Waals surface area contributed by atoms with Crippen molar-refractivity contribution in [2.24, 2.45) is 4.99 Å². The van der Waals surface area contributed by atoms with Crippen molar-refractivity contribution in [1.29, 1.82) is 0 Å². The molecule has 25 heavy (non-hydrogen) atoms. The Morgan fingerprint density at radius 3 is 2.56 bits per heavy atom. The number of sulfonamides is 1. The molecule has 1 saturated carbocycles. The SMILES string of the molecule is CCS(=O)(=O)NCCCNC(=NC)NCC1(c2ccccc2Br)CC1. The molecule has 0 aliphatic heterocycles. The second-order valence-corrected chi connectivity index (χ2v) is 9.21. The molecule has 2 rings (SSSR count). The van der Waals surface area contributed by atoms with Crippen molar-refractivity contribution in [3.63, 3.8) is 0 Å². The fraction of sp³-hybridized carbons (Fsp3) is 0.588. The van der Waals surface area contributed by atoms with Crippen LogP contribution in [0.5, 0.6) is 0 Å². The van der Waals surface area contributed by atoms with Crippen molar-refractivity contribution >= 4 is 31.9 Å². The van der Waals surface area contributed by atoms with Gasteiger partial charge in [0.1, 0.15) is 0 Å². The van der Waals surface area contributed by atoms with Crippen molar-refractivity contribution in [1.82, 2.24) is 15.4 Å². The van der Waals surface area contributed by atoms with E-state index in [4.69, 9.17) is 0 Å². The highest BCUT2D eigenvalue weighted by Gasteiger charge is 2.45. The Hall–Kier alpha value is -1.12. The molecule has 0 unspecified atom stereocenters. The molecule has 1 aliphatic rings. The first-order chi connectivity index (χ1) is 11.9. The van der Waals surface area contributed by atoms with Crippen LogP contribution in [0.2, 0.25) is 0 Å². The molecule has 6 nitrogen and oxygen atoms in total. The zero-order valence-corrected chi connectivity index (χ0v) is 17.2. The highest BCUT2D eigenvalue weighted by Crippen LogP contribution is 2.49. The van der Waals surface area contributed by atoms with Crippen LogP contribution in [0.15, 0.2) is 33.7 Å². The average molecular weight is 431 g/mol. The van der Waals surface area contributed by atoms with Gasteiger partial charge >= 0.3 is 0 Å². The lowest BCUT2D eigenvalue weighted by Gasteiger charge is -2.20. The van der Waals surface area contributed by atoms with Crippen molar-refractivity contribution in [2.45, 2.75) is 31.6 Å². The minimum Gasteiger partial charge on any atom is -0.356 e. The Bertz CT molecular complexity index is 702. The lowest BCUT2D eigenvalue weighted by molar-refractivity contribution is 0.579. The van der Waals surface area contributed by atoms with Gasteiger partial charge in [-0.2, -0.15) is 0 Å². The number of nitrogens with one attached hydrogen (secondary N) is 3. The number of benzene rings is 1. The van der Waals surface area contributed by atoms with E-state index in [2.05, 4.69) is 54.5 Å². The standard InChI is InChI=1S/C17H27BrN4O2S/c1-3-25(23,24)22-12-6-11-20-16(19-2)21-13-17(9-10-17)14-7-4-5-8-15(14)18/h4-5,7-8,22H,3,6,9-13H2,1-2H3,(H2,19,20,21). The van der Waals surface area contributed by atoms with Gasteiger partial charge in [-0.25, -0.2) is 13.1 Å². The summed E-state index contributed by atoms with van der Waals surface area (Å²) in [7, 11) is -1.37. The van der Waals surface area contributed by atoms with Gasteiger partial charge in [0, 0.05) is 36.6 Å². The van der Waals surface area contributed by atoms with E-state index in [0.29, 0.717) is 19.5 Å². The van der Waals surface area contributed by atoms with Crippen molar-refractivity contribution < 1.29 is 8.42 Å². The van der Waals surface area contributed by atoms with Gasteiger partial charge in [0.05, 0.1) is 5.75 Å². The molecule has 0 aromatic heterocycles. The molecule has 140 valence electrons. The van der Waals surface area contributed by atoms with Crippen LogP contribution in [-0.2, 0) is 15.4 Å². The number of hydrogen-bond acceptors (Lipinski definition) is 3. The minimum absolute atomic E-state index is 0.112. The number of halogens is 1. The summed E-state index contributed by atoms with van der Waals surface area (Å²) in [5.74, 6) is 0.859. The average Bonchev–Trinajstić information content (AvgIpc) is 3.38. The smallest absolute Gasteiger partial charge is 0.211 e. The van der Waals surface area contributed by atoms with Gasteiger partial charge in [0.25, 0.3) is 0 Å². The topological polar surface area (TPSA) is 82.6 Å². The van der Waals surface area contributed by atoms with Crippen molar-refractivity contribution in [3.8, 4) is 0 Å². The summed E-state index contributed by atoms with van der Waals surface area (Å²) in [6.45, 7) is 3.55. The van der Waals surface area contributed by atoms with Crippen LogP contribution in [0.1, 0.15) is 31.7 Å². The van der Waals surface area contributed by atoms with E-state index in [-0.39, 0.29) is 11.2 Å². The predicted octanol–water partition coefficient (Wildman–Crippen LogP) is 1.98. The molecule has 1 aromatic carbocycles. The minimum atomic E-state index is -3.11. The third-order valence-corrected chi connectivity index (χ3v) is 6.56. The van der Waals surface area contributed by atoms with Gasteiger partial charge in [0.2, 0.25) is 10.0 Å². The van der Waals surface area contributed by atoms with Crippen LogP contribution in [0.25, 0.3) is 0 Å². The summed E-state index contributed by atoms with van der Waals surface area (Å²) in [6, 6.07) is 8.36. The van der Waals surface area contributed by atoms with E-state index in [0.717, 1.165) is 17.0 Å². The van der Waals surface area contributed by atoms with E-state index in [1.165, 1.54) is 18.4 Å². The summed E-state index contributed by atoms with van der Waals surface area (Å²) in [6.07, 6.45) is 3.03. The van der Waals surface area contributed by atoms with Crippen LogP contribution in [0.4, 0.5) is 0 Å². The molecule has 3 N–H and O–H groups in total. The third-order valence-electron chi connectivity index (χ3n) is 4.46. The van der Waals surface area contributed by atoms with Crippen molar-refractivity contribution in [2.75, 3.05) is 32.4 Å². The largest absolute Gasteiger partial charge is 0.356 e. The first kappa shape index (κ1) is 20.2. The number of rotatable bonds is 9. The lowest BCUT2D eigenvalue weighted by atomic mass is 9.96. The molecule has 1 fully saturated rings. The van der Waals surface area contributed by atoms with Gasteiger partial charge in [0.15, 0.2) is 5.96 Å². The molecule has 0 saturated heterocycles. The zero-order chi connectivity index (χ0) is 18.3. The second-order valence-electron chi connectivity index (χ2n) is 6.26. The molecule has 0 radical (unpaired) electrons. The molecule has 1 aliphatic carbocycles. The molecule has 0 atom stereocenters. The first-order valence-electron chi connectivity index (χ1n) is 8.59. The number of nitrogens with zero attached hydrogens (tertiary/aromatic N) is 1. The maximum Gasteiger partial charge on any atom is 0.211 e. The molecular weight excluding hydrogens is 404 g/mol. The molecule has 0 amide bonds. The fourth-order valence-electron chi connectivity index (χ4n) is 2.68. The predicted molar refractivity (Wildman–Crippen MR) is 106 cm³/mol. The molecule has 0 bridgehead atoms. The summed E-state index contributed by atoms with van der Waals surface area (Å²) in [5.41, 5.74) is 1.51. The van der Waals surface area contributed by atoms with E-state index >= 15 is 0 Å². The van der Waals surface area contributed by atoms with Crippen molar-refractivity contribution in [3.05, 3.63) is 34.3 Å². The second kappa shape index (κ2) is 9.00. The van der Waals surface area contributed by atoms with Crippen LogP contribution in [0.3, 0.4) is 0 Å². The molecule has 0 heterocycles. The van der Waals surface area contributed by atoms with Crippen LogP contribution < -0.4 is 15.4 Å². The summed E-state index contributed by atoms with van der Waals surface area (Å²) in [4.78, 5) is 4.24. The van der Waals surface area contributed by atoms with Gasteiger partial charge in [-0.1, -0.05) is 34.1 Å². The zero-order valence-electron chi connectivity index (χ0n) is 14.8. The van der Waals surface area contributed by atoms with E-state index < -0.39 is 10.0 Å². The Kier molecular flexibility index (Phi) is 7.27. The Balaban J connectivity index is 1.75. The van der Waals surface area contributed by atoms with Crippen LogP contribution in [0, 0.1) is 0 Å². The van der Waals surface area contributed by atoms with E-state index in [9.17, 15) is 8.42 Å². The molecule has 1 aromatic rings. The number of guanidine groups is 1. The van der Waals surface area contributed by atoms with E-state index in [1.54, 1.807) is 14.0 Å². The molecular formula is C17H27BrN4O2S. The van der Waals surface area contributed by atoms with Gasteiger partial charge in [-0.3, -0.25) is 4.99 Å². The summed E-state index contributed by atoms with van der Waals surface area (Å²) < 4.78 is 26.4. The lowest BCUT2D eigenvalue weighted by Crippen LogP contribution is -2.42. The highest BCUT2D eigenvalue weighted by atomic mass is 79.9. The van der Waals surface area contributed by atoms with Crippen LogP contribution in [-0.4, -0.2) is 46.8 Å². The summed E-state index contributed by atoms with van der Waals surface area (Å²) in [5, 5.41) is 6.63. The van der Waals surface area contributed by atoms with Gasteiger partial charge in [-0.15, -0.1) is 0 Å². The third kappa shape index (κ3) is 5.97. The monoisotopic (exact) mass is 430 g/mol. The number of hydrogen-bond donors (Lipinski definition) is 3. The fourth-order valence-corrected chi connectivity index (χ4v) is 4.05. The molecule has 8 heteroatoms. The molecule has 0 spiro atoms. The quantitative estimate of drug-likeness (QED) is 0.317. The van der Waals surface area contributed by atoms with Gasteiger partial charge < -0.3 is 10.6 Å². The number of aliphatic imine (C=N–C) groups is 1. The van der Waals surface area contributed by atoms with Crippen LogP contribution >= 0.6 is 15.9 Å². The maximum absolute atomic E-state index is 11.4. The van der Waals surface area contributed by atoms with E-state index in [1.807, 2.05) is 6.07 Å². The highest BCUT2D eigenvalue weighted by molar-refractivity contribution is 9.10. The Morgan fingerprint density at radius 1 is 1.24 bits per heavy atom. The Labute approximate surface area is 159 Å². The Morgan fingerprint density at radius 2 is 1.96 bits per heavy atom. The normalized spacial score (nSPS) is 16.5. The summed E-state index contributed by atoms with van der Waals surface area (Å²) >= 11 is 3.65. The maximum atomic E-state index is 11.4.